The quantitative estimate of drug-likeness (QED) is 0.133. The normalized spacial score (nSPS) is 32.2. The van der Waals surface area contributed by atoms with Crippen LogP contribution in [0.25, 0.3) is 0 Å². The molecule has 3 unspecified atom stereocenters. The number of amides is 12. The average molecular weight is 1520 g/mol. The summed E-state index contributed by atoms with van der Waals surface area (Å²) in [5.41, 5.74) is -2.05. The molecule has 2 bridgehead atoms. The van der Waals surface area contributed by atoms with Gasteiger partial charge in [0.1, 0.15) is 60.4 Å². The summed E-state index contributed by atoms with van der Waals surface area (Å²) in [5, 5.41) is 8.63. The van der Waals surface area contributed by atoms with Crippen molar-refractivity contribution >= 4 is 94.1 Å². The first kappa shape index (κ1) is 83.9. The third-order valence-corrected chi connectivity index (χ3v) is 26.1. The number of hydrogen-bond acceptors (Lipinski definition) is 14. The first-order valence-corrected chi connectivity index (χ1v) is 40.6. The van der Waals surface area contributed by atoms with Crippen molar-refractivity contribution in [2.24, 2.45) is 29.1 Å². The van der Waals surface area contributed by atoms with Crippen LogP contribution in [0.3, 0.4) is 0 Å². The zero-order chi connectivity index (χ0) is 77.2. The van der Waals surface area contributed by atoms with E-state index in [2.05, 4.69) is 16.0 Å². The second-order valence-electron chi connectivity index (χ2n) is 33.8. The molecule has 3 N–H and O–H groups in total. The lowest BCUT2D eigenvalue weighted by molar-refractivity contribution is -0.161. The van der Waals surface area contributed by atoms with Crippen LogP contribution >= 0.6 is 23.2 Å². The van der Waals surface area contributed by atoms with Crippen molar-refractivity contribution in [1.29, 1.82) is 0 Å². The van der Waals surface area contributed by atoms with Gasteiger partial charge in [-0.05, 0) is 132 Å². The standard InChI is InChI=1S/C78H124Cl2N12O14/c1-13-48(2)66-74(102)91(52-33-34-52)44-65(95)86(8)58-30-18-15-23-37-90(73(58)101)61(39-49-24-16-14-17-25-49)72(100)85(7)43-63(93)81-57(36-32-50-31-35-55(79)56(80)38-50)70(98)92-42-54(106-53-28-21-22-29-53)40-59(92)69(97)83-78(46-77(3,4)47-78)76(104)89(11)67(51-26-19-20-27-51)75(103)88(10)60(71(99)84(5)6)41-64(94)87(9)62(45-105-12)68(96)82-66/h15,18,48-62,66-67H,13-14,16-17,19-47H2,1-12H3,(H,81,93)(H,82,96)(H,83,97)/b18-15-/t48-,50?,54+,55?,56?,57-,58-,59-,60-,61-,62-,66-,67-/m0/s1. The Morgan fingerprint density at radius 3 is 1.92 bits per heavy atom. The molecule has 2 saturated heterocycles. The molecule has 12 amide bonds. The van der Waals surface area contributed by atoms with E-state index in [4.69, 9.17) is 32.7 Å². The van der Waals surface area contributed by atoms with Crippen LogP contribution < -0.4 is 16.0 Å². The molecule has 6 aliphatic carbocycles. The zero-order valence-corrected chi connectivity index (χ0v) is 66.8. The van der Waals surface area contributed by atoms with Crippen LogP contribution in [-0.4, -0.2) is 287 Å². The Labute approximate surface area is 638 Å². The number of hydrogen-bond donors (Lipinski definition) is 3. The summed E-state index contributed by atoms with van der Waals surface area (Å²) in [4.78, 5) is 196. The molecule has 9 aliphatic rings. The molecular weight excluding hydrogens is 1400 g/mol. The Balaban J connectivity index is 1.11. The van der Waals surface area contributed by atoms with E-state index >= 15 is 38.4 Å². The highest BCUT2D eigenvalue weighted by molar-refractivity contribution is 6.30. The highest BCUT2D eigenvalue weighted by Gasteiger charge is 2.59. The minimum Gasteiger partial charge on any atom is -0.382 e. The van der Waals surface area contributed by atoms with Crippen LogP contribution in [0.1, 0.15) is 207 Å². The second-order valence-corrected chi connectivity index (χ2v) is 34.9. The number of carbonyl (C=O) groups excluding carboxylic acids is 12. The van der Waals surface area contributed by atoms with Crippen molar-refractivity contribution in [2.75, 3.05) is 89.2 Å². The SMILES string of the molecule is CC[C@H](C)[C@@H]1NC(=O)[C@H](COC)N(C)C(=O)C[C@@H](C(=O)N(C)C)N(C)C(=O)[C@H](C2CCCC2)N(C)C(=O)C2(CC(C)(C)C2)NC(=O)[C@@H]2C[C@@H](OC3CCCC3)CN2C(=O)[C@H](CCC2CCC(Cl)C(Cl)C2)NC(=O)CN(C)C(=O)[C@H](CC2CCCCC2)N2CC/C=C\C[C@@H](C2=O)N(C)C(=O)CN(C2CC2)C1=O. The fourth-order valence-electron chi connectivity index (χ4n) is 18.4. The molecule has 13 atom stereocenters. The topological polar surface area (TPSA) is 289 Å². The van der Waals surface area contributed by atoms with Crippen molar-refractivity contribution in [2.45, 2.75) is 290 Å². The number of alkyl halides is 2. The fraction of sp³-hybridized carbons (Fsp3) is 0.821. The number of nitrogens with zero attached hydrogens (tertiary/aromatic N) is 9. The molecule has 26 nitrogen and oxygen atoms in total. The molecule has 594 valence electrons. The molecule has 9 rings (SSSR count). The monoisotopic (exact) mass is 1520 g/mol. The van der Waals surface area contributed by atoms with E-state index in [1.807, 2.05) is 32.9 Å². The number of fused-ring (bicyclic) bond motifs is 3. The summed E-state index contributed by atoms with van der Waals surface area (Å²) in [7, 11) is 11.7. The van der Waals surface area contributed by atoms with Crippen LogP contribution in [0.5, 0.6) is 0 Å². The van der Waals surface area contributed by atoms with Crippen LogP contribution in [0.2, 0.25) is 0 Å². The molecular formula is C78H124Cl2N12O14. The number of ether oxygens (including phenoxy) is 2. The van der Waals surface area contributed by atoms with Gasteiger partial charge in [0.05, 0.1) is 37.2 Å². The van der Waals surface area contributed by atoms with Gasteiger partial charge in [-0.25, -0.2) is 0 Å². The third kappa shape index (κ3) is 20.3. The van der Waals surface area contributed by atoms with E-state index in [9.17, 15) is 19.2 Å². The molecule has 0 aromatic rings. The van der Waals surface area contributed by atoms with Crippen molar-refractivity contribution in [3.8, 4) is 0 Å². The first-order chi connectivity index (χ1) is 50.3. The molecule has 28 heteroatoms. The maximum Gasteiger partial charge on any atom is 0.248 e. The van der Waals surface area contributed by atoms with E-state index in [0.717, 1.165) is 81.9 Å². The first-order valence-electron chi connectivity index (χ1n) is 39.7. The van der Waals surface area contributed by atoms with Crippen LogP contribution in [-0.2, 0) is 67.0 Å². The molecule has 8 fully saturated rings. The van der Waals surface area contributed by atoms with Gasteiger partial charge in [0.15, 0.2) is 0 Å². The van der Waals surface area contributed by atoms with Crippen LogP contribution in [0.4, 0.5) is 0 Å². The minimum absolute atomic E-state index is 0.000858. The molecule has 3 aliphatic heterocycles. The Morgan fingerprint density at radius 1 is 0.632 bits per heavy atom. The van der Waals surface area contributed by atoms with Crippen molar-refractivity contribution in [1.82, 2.24) is 60.0 Å². The highest BCUT2D eigenvalue weighted by atomic mass is 35.5. The molecule has 0 radical (unpaired) electrons. The number of carbonyl (C=O) groups is 12. The largest absolute Gasteiger partial charge is 0.382 e. The number of halogens is 2. The Morgan fingerprint density at radius 2 is 1.29 bits per heavy atom. The minimum atomic E-state index is -1.58. The maximum absolute atomic E-state index is 15.9. The van der Waals surface area contributed by atoms with Gasteiger partial charge < -0.3 is 69.5 Å². The van der Waals surface area contributed by atoms with E-state index < -0.39 is 168 Å². The van der Waals surface area contributed by atoms with Crippen molar-refractivity contribution in [3.63, 3.8) is 0 Å². The highest BCUT2D eigenvalue weighted by Crippen LogP contribution is 2.50. The van der Waals surface area contributed by atoms with E-state index in [1.54, 1.807) is 18.9 Å². The summed E-state index contributed by atoms with van der Waals surface area (Å²) in [6.07, 6.45) is 18.6. The lowest BCUT2D eigenvalue weighted by Gasteiger charge is -2.54. The summed E-state index contributed by atoms with van der Waals surface area (Å²) < 4.78 is 12.3. The third-order valence-electron chi connectivity index (χ3n) is 24.9. The molecule has 106 heavy (non-hydrogen) atoms. The van der Waals surface area contributed by atoms with Crippen LogP contribution in [0, 0.1) is 29.1 Å². The molecule has 1 spiro atoms. The fourth-order valence-corrected chi connectivity index (χ4v) is 19.0. The van der Waals surface area contributed by atoms with Gasteiger partial charge >= 0.3 is 0 Å². The lowest BCUT2D eigenvalue weighted by atomic mass is 9.58. The predicted molar refractivity (Wildman–Crippen MR) is 401 cm³/mol. The van der Waals surface area contributed by atoms with Gasteiger partial charge in [-0.3, -0.25) is 57.5 Å². The predicted octanol–water partition coefficient (Wildman–Crippen LogP) is 6.00. The molecule has 3 heterocycles. The lowest BCUT2D eigenvalue weighted by Crippen LogP contribution is -2.71. The van der Waals surface area contributed by atoms with Gasteiger partial charge in [0.2, 0.25) is 70.9 Å². The van der Waals surface area contributed by atoms with Crippen molar-refractivity contribution < 1.29 is 67.0 Å². The number of methoxy groups -OCH3 is 1. The molecule has 6 saturated carbocycles. The van der Waals surface area contributed by atoms with E-state index in [-0.39, 0.29) is 86.5 Å². The Bertz CT molecular complexity index is 3180. The summed E-state index contributed by atoms with van der Waals surface area (Å²) in [6.45, 7) is 6.48. The van der Waals surface area contributed by atoms with Gasteiger partial charge in [0.25, 0.3) is 0 Å². The zero-order valence-electron chi connectivity index (χ0n) is 65.3. The summed E-state index contributed by atoms with van der Waals surface area (Å²) in [5.74, 6) is -7.86. The average Bonchev–Trinajstić information content (AvgIpc) is 1.02. The summed E-state index contributed by atoms with van der Waals surface area (Å²) >= 11 is 13.4. The Hall–Kier alpha value is -6.12. The van der Waals surface area contributed by atoms with Crippen molar-refractivity contribution in [3.05, 3.63) is 12.2 Å². The van der Waals surface area contributed by atoms with Crippen LogP contribution in [0.15, 0.2) is 12.2 Å². The second kappa shape index (κ2) is 37.1. The number of nitrogens with one attached hydrogen (secondary N) is 3. The maximum atomic E-state index is 15.9. The van der Waals surface area contributed by atoms with Gasteiger partial charge in [0, 0.05) is 87.4 Å². The smallest absolute Gasteiger partial charge is 0.248 e. The number of likely N-dealkylation sites (N-methyl/N-ethyl adjacent to an activating group) is 6. The Kier molecular flexibility index (Phi) is 29.3. The van der Waals surface area contributed by atoms with Gasteiger partial charge in [-0.2, -0.15) is 0 Å². The van der Waals surface area contributed by atoms with E-state index in [0.29, 0.717) is 64.2 Å². The number of rotatable bonds is 14. The van der Waals surface area contributed by atoms with Gasteiger partial charge in [-0.1, -0.05) is 104 Å². The molecule has 0 aromatic carbocycles. The summed E-state index contributed by atoms with van der Waals surface area (Å²) in [6, 6.07) is -10.1. The molecule has 0 aromatic heterocycles. The van der Waals surface area contributed by atoms with Gasteiger partial charge in [-0.15, -0.1) is 23.2 Å². The van der Waals surface area contributed by atoms with E-state index in [1.165, 1.54) is 83.7 Å².